The van der Waals surface area contributed by atoms with Crippen LogP contribution in [0.4, 0.5) is 0 Å². The molecule has 5 rings (SSSR count). The Morgan fingerprint density at radius 2 is 1.74 bits per heavy atom. The van der Waals surface area contributed by atoms with Crippen molar-refractivity contribution < 1.29 is 4.79 Å². The Balaban J connectivity index is 1.44. The summed E-state index contributed by atoms with van der Waals surface area (Å²) < 4.78 is 1.69. The van der Waals surface area contributed by atoms with E-state index in [4.69, 9.17) is 4.98 Å². The topological polar surface area (TPSA) is 72.7 Å². The van der Waals surface area contributed by atoms with Gasteiger partial charge in [0.15, 0.2) is 5.82 Å². The predicted octanol–water partition coefficient (Wildman–Crippen LogP) is 4.41. The van der Waals surface area contributed by atoms with E-state index in [0.717, 1.165) is 27.7 Å². The minimum absolute atomic E-state index is 0.145. The summed E-state index contributed by atoms with van der Waals surface area (Å²) >= 11 is 0. The van der Waals surface area contributed by atoms with Crippen molar-refractivity contribution in [3.8, 4) is 17.1 Å². The molecule has 0 aliphatic rings. The lowest BCUT2D eigenvalue weighted by Crippen LogP contribution is -2.23. The maximum atomic E-state index is 13.2. The first-order valence-electron chi connectivity index (χ1n) is 9.96. The number of carbonyl (C=O) groups is 1. The second-order valence-corrected chi connectivity index (χ2v) is 7.09. The van der Waals surface area contributed by atoms with Crippen LogP contribution in [0, 0.1) is 0 Å². The van der Waals surface area contributed by atoms with E-state index in [0.29, 0.717) is 17.9 Å². The zero-order valence-electron chi connectivity index (χ0n) is 16.6. The zero-order valence-corrected chi connectivity index (χ0v) is 16.6. The Labute approximate surface area is 179 Å². The van der Waals surface area contributed by atoms with Gasteiger partial charge in [-0.15, -0.1) is 0 Å². The van der Waals surface area contributed by atoms with Crippen molar-refractivity contribution in [1.82, 2.24) is 25.1 Å². The minimum atomic E-state index is -0.145. The molecule has 0 unspecified atom stereocenters. The summed E-state index contributed by atoms with van der Waals surface area (Å²) in [7, 11) is 0. The summed E-state index contributed by atoms with van der Waals surface area (Å²) in [5.74, 6) is 0.561. The smallest absolute Gasteiger partial charge is 0.252 e. The van der Waals surface area contributed by atoms with E-state index in [1.165, 1.54) is 0 Å². The third-order valence-electron chi connectivity index (χ3n) is 5.03. The van der Waals surface area contributed by atoms with Gasteiger partial charge in [-0.3, -0.25) is 4.79 Å². The van der Waals surface area contributed by atoms with E-state index in [9.17, 15) is 4.79 Å². The van der Waals surface area contributed by atoms with Crippen molar-refractivity contribution >= 4 is 16.8 Å². The van der Waals surface area contributed by atoms with E-state index >= 15 is 0 Å². The maximum absolute atomic E-state index is 13.2. The molecule has 0 aliphatic heterocycles. The molecule has 5 aromatic rings. The molecule has 0 spiro atoms. The largest absolute Gasteiger partial charge is 0.348 e. The van der Waals surface area contributed by atoms with Gasteiger partial charge in [0.05, 0.1) is 16.8 Å². The highest BCUT2D eigenvalue weighted by molar-refractivity contribution is 6.07. The number of rotatable bonds is 5. The highest BCUT2D eigenvalue weighted by atomic mass is 16.1. The second-order valence-electron chi connectivity index (χ2n) is 7.09. The van der Waals surface area contributed by atoms with Gasteiger partial charge in [0.1, 0.15) is 0 Å². The number of amides is 1. The number of fused-ring (bicyclic) bond motifs is 1. The Hall–Kier alpha value is -4.32. The Morgan fingerprint density at radius 1 is 0.903 bits per heavy atom. The summed E-state index contributed by atoms with van der Waals surface area (Å²) in [6, 6.07) is 25.1. The molecule has 150 valence electrons. The summed E-state index contributed by atoms with van der Waals surface area (Å²) in [5, 5.41) is 8.06. The molecule has 1 N–H and O–H groups in total. The molecule has 3 aromatic heterocycles. The van der Waals surface area contributed by atoms with Gasteiger partial charge in [-0.05, 0) is 35.9 Å². The fraction of sp³-hybridized carbons (Fsp3) is 0.0400. The van der Waals surface area contributed by atoms with Gasteiger partial charge in [0.25, 0.3) is 5.91 Å². The molecule has 0 fully saturated rings. The molecule has 6 nitrogen and oxygen atoms in total. The third-order valence-corrected chi connectivity index (χ3v) is 5.03. The number of nitrogens with one attached hydrogen (secondary N) is 1. The number of nitrogens with zero attached hydrogens (tertiary/aromatic N) is 4. The molecule has 0 aliphatic carbocycles. The average Bonchev–Trinajstić information content (AvgIpc) is 3.38. The number of aromatic nitrogens is 4. The van der Waals surface area contributed by atoms with Crippen LogP contribution in [0.15, 0.2) is 97.5 Å². The number of pyridine rings is 2. The molecule has 0 saturated heterocycles. The van der Waals surface area contributed by atoms with Crippen molar-refractivity contribution in [2.45, 2.75) is 6.54 Å². The van der Waals surface area contributed by atoms with Gasteiger partial charge in [0.2, 0.25) is 0 Å². The molecule has 31 heavy (non-hydrogen) atoms. The number of hydrogen-bond donors (Lipinski definition) is 1. The first-order valence-corrected chi connectivity index (χ1v) is 9.96. The molecule has 0 saturated carbocycles. The van der Waals surface area contributed by atoms with Gasteiger partial charge in [-0.1, -0.05) is 48.5 Å². The van der Waals surface area contributed by atoms with E-state index in [1.807, 2.05) is 85.1 Å². The van der Waals surface area contributed by atoms with Crippen molar-refractivity contribution in [3.63, 3.8) is 0 Å². The molecule has 0 atom stereocenters. The highest BCUT2D eigenvalue weighted by Gasteiger charge is 2.14. The molecule has 3 heterocycles. The quantitative estimate of drug-likeness (QED) is 0.470. The molecule has 1 amide bonds. The fourth-order valence-corrected chi connectivity index (χ4v) is 3.50. The lowest BCUT2D eigenvalue weighted by atomic mass is 10.0. The minimum Gasteiger partial charge on any atom is -0.348 e. The average molecular weight is 405 g/mol. The summed E-state index contributed by atoms with van der Waals surface area (Å²) in [6.07, 6.45) is 5.25. The van der Waals surface area contributed by atoms with Crippen LogP contribution in [-0.2, 0) is 6.54 Å². The number of benzene rings is 2. The lowest BCUT2D eigenvalue weighted by Gasteiger charge is -2.11. The zero-order chi connectivity index (χ0) is 21.0. The van der Waals surface area contributed by atoms with Crippen molar-refractivity contribution in [3.05, 3.63) is 109 Å². The van der Waals surface area contributed by atoms with Crippen LogP contribution in [0.5, 0.6) is 0 Å². The van der Waals surface area contributed by atoms with E-state index in [1.54, 1.807) is 17.1 Å². The monoisotopic (exact) mass is 405 g/mol. The van der Waals surface area contributed by atoms with E-state index in [2.05, 4.69) is 15.4 Å². The molecular formula is C25H19N5O. The SMILES string of the molecule is O=C(NCc1ccnc(-n2cccn2)c1)c1cc(-c2ccccc2)nc2ccccc12. The molecular weight excluding hydrogens is 386 g/mol. The van der Waals surface area contributed by atoms with Crippen LogP contribution in [0.2, 0.25) is 0 Å². The maximum Gasteiger partial charge on any atom is 0.252 e. The van der Waals surface area contributed by atoms with Crippen LogP contribution < -0.4 is 5.32 Å². The first-order chi connectivity index (χ1) is 15.3. The van der Waals surface area contributed by atoms with Crippen molar-refractivity contribution in [1.29, 1.82) is 0 Å². The first kappa shape index (κ1) is 18.7. The van der Waals surface area contributed by atoms with Crippen LogP contribution in [0.1, 0.15) is 15.9 Å². The van der Waals surface area contributed by atoms with Crippen LogP contribution >= 0.6 is 0 Å². The summed E-state index contributed by atoms with van der Waals surface area (Å²) in [6.45, 7) is 0.382. The third kappa shape index (κ3) is 3.91. The second kappa shape index (κ2) is 8.20. The molecule has 2 aromatic carbocycles. The van der Waals surface area contributed by atoms with Gasteiger partial charge >= 0.3 is 0 Å². The number of carbonyl (C=O) groups excluding carboxylic acids is 1. The van der Waals surface area contributed by atoms with Gasteiger partial charge in [-0.2, -0.15) is 5.10 Å². The number of para-hydroxylation sites is 1. The predicted molar refractivity (Wildman–Crippen MR) is 120 cm³/mol. The van der Waals surface area contributed by atoms with Crippen LogP contribution in [0.3, 0.4) is 0 Å². The van der Waals surface area contributed by atoms with Crippen LogP contribution in [-0.4, -0.2) is 25.7 Å². The standard InChI is InChI=1S/C25H19N5O/c31-25(27-17-18-11-13-26-24(15-18)30-14-6-12-28-30)21-16-23(19-7-2-1-3-8-19)29-22-10-5-4-9-20(21)22/h1-16H,17H2,(H,27,31). The van der Waals surface area contributed by atoms with Gasteiger partial charge < -0.3 is 5.32 Å². The van der Waals surface area contributed by atoms with E-state index < -0.39 is 0 Å². The normalized spacial score (nSPS) is 10.8. The van der Waals surface area contributed by atoms with Crippen LogP contribution in [0.25, 0.3) is 28.0 Å². The van der Waals surface area contributed by atoms with Crippen molar-refractivity contribution in [2.24, 2.45) is 0 Å². The Morgan fingerprint density at radius 3 is 2.58 bits per heavy atom. The lowest BCUT2D eigenvalue weighted by molar-refractivity contribution is 0.0952. The Kier molecular flexibility index (Phi) is 4.94. The van der Waals surface area contributed by atoms with E-state index in [-0.39, 0.29) is 5.91 Å². The van der Waals surface area contributed by atoms with Crippen molar-refractivity contribution in [2.75, 3.05) is 0 Å². The van der Waals surface area contributed by atoms with Gasteiger partial charge in [-0.25, -0.2) is 14.6 Å². The van der Waals surface area contributed by atoms with Gasteiger partial charge in [0, 0.05) is 36.1 Å². The molecule has 0 bridgehead atoms. The highest BCUT2D eigenvalue weighted by Crippen LogP contribution is 2.24. The Bertz CT molecular complexity index is 1350. The molecule has 0 radical (unpaired) electrons. The summed E-state index contributed by atoms with van der Waals surface area (Å²) in [4.78, 5) is 22.2. The number of hydrogen-bond acceptors (Lipinski definition) is 4. The summed E-state index contributed by atoms with van der Waals surface area (Å²) in [5.41, 5.74) is 4.08. The fourth-order valence-electron chi connectivity index (χ4n) is 3.50. The molecule has 6 heteroatoms.